The fraction of sp³-hybridized carbons (Fsp3) is 0.278. The lowest BCUT2D eigenvalue weighted by Crippen LogP contribution is -2.08. The number of ether oxygens (including phenoxy) is 3. The average Bonchev–Trinajstić information content (AvgIpc) is 2.55. The molecule has 0 radical (unpaired) electrons. The largest absolute Gasteiger partial charge is 0.494 e. The maximum atomic E-state index is 12.0. The van der Waals surface area contributed by atoms with Crippen molar-refractivity contribution in [1.82, 2.24) is 0 Å². The standard InChI is InChI=1S/C18H20O4/c1-3-13-21-16-9-11-17(12-10-16)22-18(19)14-5-7-15(8-6-14)20-4-2/h5-12H,3-4,13H2,1-2H3. The van der Waals surface area contributed by atoms with Gasteiger partial charge in [-0.05, 0) is 61.9 Å². The van der Waals surface area contributed by atoms with Crippen molar-refractivity contribution >= 4 is 5.97 Å². The van der Waals surface area contributed by atoms with E-state index in [9.17, 15) is 4.79 Å². The fourth-order valence-electron chi connectivity index (χ4n) is 1.84. The van der Waals surface area contributed by atoms with Crippen LogP contribution in [0, 0.1) is 0 Å². The molecule has 0 spiro atoms. The van der Waals surface area contributed by atoms with Gasteiger partial charge in [0.1, 0.15) is 17.2 Å². The van der Waals surface area contributed by atoms with Crippen LogP contribution >= 0.6 is 0 Å². The predicted octanol–water partition coefficient (Wildman–Crippen LogP) is 4.09. The van der Waals surface area contributed by atoms with Gasteiger partial charge >= 0.3 is 5.97 Å². The van der Waals surface area contributed by atoms with Crippen LogP contribution < -0.4 is 14.2 Å². The summed E-state index contributed by atoms with van der Waals surface area (Å²) in [5.74, 6) is 1.59. The Kier molecular flexibility index (Phi) is 5.83. The van der Waals surface area contributed by atoms with Crippen LogP contribution in [0.15, 0.2) is 48.5 Å². The minimum Gasteiger partial charge on any atom is -0.494 e. The van der Waals surface area contributed by atoms with E-state index in [2.05, 4.69) is 0 Å². The molecule has 2 rings (SSSR count). The van der Waals surface area contributed by atoms with Crippen LogP contribution in [-0.2, 0) is 0 Å². The molecule has 0 saturated carbocycles. The summed E-state index contributed by atoms with van der Waals surface area (Å²) in [6, 6.07) is 13.9. The summed E-state index contributed by atoms with van der Waals surface area (Å²) in [7, 11) is 0. The first kappa shape index (κ1) is 15.9. The SMILES string of the molecule is CCCOc1ccc(OC(=O)c2ccc(OCC)cc2)cc1. The van der Waals surface area contributed by atoms with Gasteiger partial charge in [0.05, 0.1) is 18.8 Å². The topological polar surface area (TPSA) is 44.8 Å². The molecule has 116 valence electrons. The summed E-state index contributed by atoms with van der Waals surface area (Å²) < 4.78 is 16.1. The van der Waals surface area contributed by atoms with Crippen molar-refractivity contribution in [2.75, 3.05) is 13.2 Å². The Morgan fingerprint density at radius 1 is 0.818 bits per heavy atom. The Bertz CT molecular complexity index is 587. The van der Waals surface area contributed by atoms with Gasteiger partial charge in [-0.25, -0.2) is 4.79 Å². The van der Waals surface area contributed by atoms with Crippen LogP contribution in [0.1, 0.15) is 30.6 Å². The molecule has 0 heterocycles. The average molecular weight is 300 g/mol. The molecule has 0 amide bonds. The summed E-state index contributed by atoms with van der Waals surface area (Å²) in [6.07, 6.45) is 0.953. The molecule has 2 aromatic carbocycles. The van der Waals surface area contributed by atoms with E-state index in [1.165, 1.54) is 0 Å². The molecule has 2 aromatic rings. The number of esters is 1. The third-order valence-corrected chi connectivity index (χ3v) is 2.91. The van der Waals surface area contributed by atoms with Crippen molar-refractivity contribution in [3.05, 3.63) is 54.1 Å². The van der Waals surface area contributed by atoms with E-state index in [1.54, 1.807) is 48.5 Å². The van der Waals surface area contributed by atoms with Gasteiger partial charge in [-0.15, -0.1) is 0 Å². The van der Waals surface area contributed by atoms with Gasteiger partial charge in [-0.1, -0.05) is 6.92 Å². The summed E-state index contributed by atoms with van der Waals surface area (Å²) in [6.45, 7) is 5.23. The molecule has 0 aromatic heterocycles. The molecule has 22 heavy (non-hydrogen) atoms. The van der Waals surface area contributed by atoms with Gasteiger partial charge in [-0.2, -0.15) is 0 Å². The molecule has 0 aliphatic carbocycles. The molecular weight excluding hydrogens is 280 g/mol. The van der Waals surface area contributed by atoms with E-state index in [4.69, 9.17) is 14.2 Å². The van der Waals surface area contributed by atoms with Crippen LogP contribution in [0.4, 0.5) is 0 Å². The van der Waals surface area contributed by atoms with Crippen molar-refractivity contribution in [2.24, 2.45) is 0 Å². The smallest absolute Gasteiger partial charge is 0.343 e. The first-order valence-electron chi connectivity index (χ1n) is 7.40. The third-order valence-electron chi connectivity index (χ3n) is 2.91. The highest BCUT2D eigenvalue weighted by molar-refractivity contribution is 5.91. The first-order chi connectivity index (χ1) is 10.7. The summed E-state index contributed by atoms with van der Waals surface area (Å²) in [5.41, 5.74) is 0.481. The van der Waals surface area contributed by atoms with Crippen molar-refractivity contribution in [1.29, 1.82) is 0 Å². The second kappa shape index (κ2) is 8.08. The van der Waals surface area contributed by atoms with Gasteiger partial charge in [0.25, 0.3) is 0 Å². The lowest BCUT2D eigenvalue weighted by molar-refractivity contribution is 0.0734. The summed E-state index contributed by atoms with van der Waals surface area (Å²) >= 11 is 0. The highest BCUT2D eigenvalue weighted by Crippen LogP contribution is 2.19. The van der Waals surface area contributed by atoms with Crippen molar-refractivity contribution in [3.8, 4) is 17.2 Å². The Morgan fingerprint density at radius 3 is 1.95 bits per heavy atom. The quantitative estimate of drug-likeness (QED) is 0.570. The number of benzene rings is 2. The molecule has 4 heteroatoms. The molecule has 0 fully saturated rings. The molecule has 0 N–H and O–H groups in total. The van der Waals surface area contributed by atoms with Gasteiger partial charge in [-0.3, -0.25) is 0 Å². The van der Waals surface area contributed by atoms with E-state index in [0.717, 1.165) is 17.9 Å². The Hall–Kier alpha value is -2.49. The maximum Gasteiger partial charge on any atom is 0.343 e. The van der Waals surface area contributed by atoms with Gasteiger partial charge in [0, 0.05) is 0 Å². The molecule has 0 aliphatic rings. The number of hydrogen-bond donors (Lipinski definition) is 0. The Balaban J connectivity index is 1.96. The van der Waals surface area contributed by atoms with E-state index in [1.807, 2.05) is 13.8 Å². The minimum absolute atomic E-state index is 0.398. The Labute approximate surface area is 130 Å². The lowest BCUT2D eigenvalue weighted by Gasteiger charge is -2.07. The normalized spacial score (nSPS) is 10.1. The highest BCUT2D eigenvalue weighted by Gasteiger charge is 2.09. The first-order valence-corrected chi connectivity index (χ1v) is 7.40. The molecule has 0 aliphatic heterocycles. The van der Waals surface area contributed by atoms with E-state index in [0.29, 0.717) is 24.5 Å². The second-order valence-corrected chi connectivity index (χ2v) is 4.67. The molecule has 0 saturated heterocycles. The molecule has 0 bridgehead atoms. The van der Waals surface area contributed by atoms with E-state index < -0.39 is 5.97 Å². The zero-order chi connectivity index (χ0) is 15.8. The molecule has 0 atom stereocenters. The van der Waals surface area contributed by atoms with Gasteiger partial charge in [0.15, 0.2) is 0 Å². The second-order valence-electron chi connectivity index (χ2n) is 4.67. The van der Waals surface area contributed by atoms with E-state index in [-0.39, 0.29) is 0 Å². The monoisotopic (exact) mass is 300 g/mol. The summed E-state index contributed by atoms with van der Waals surface area (Å²) in [4.78, 5) is 12.0. The van der Waals surface area contributed by atoms with Crippen molar-refractivity contribution in [2.45, 2.75) is 20.3 Å². The van der Waals surface area contributed by atoms with Gasteiger partial charge in [0.2, 0.25) is 0 Å². The van der Waals surface area contributed by atoms with Crippen LogP contribution in [0.2, 0.25) is 0 Å². The number of rotatable bonds is 7. The van der Waals surface area contributed by atoms with Crippen molar-refractivity contribution in [3.63, 3.8) is 0 Å². The Morgan fingerprint density at radius 2 is 1.36 bits per heavy atom. The molecule has 0 unspecified atom stereocenters. The molecular formula is C18H20O4. The van der Waals surface area contributed by atoms with E-state index >= 15 is 0 Å². The van der Waals surface area contributed by atoms with Crippen molar-refractivity contribution < 1.29 is 19.0 Å². The third kappa shape index (κ3) is 4.52. The fourth-order valence-corrected chi connectivity index (χ4v) is 1.84. The number of carbonyl (C=O) groups excluding carboxylic acids is 1. The number of carbonyl (C=O) groups is 1. The number of hydrogen-bond acceptors (Lipinski definition) is 4. The van der Waals surface area contributed by atoms with Crippen LogP contribution in [0.5, 0.6) is 17.2 Å². The lowest BCUT2D eigenvalue weighted by atomic mass is 10.2. The van der Waals surface area contributed by atoms with Crippen LogP contribution in [0.3, 0.4) is 0 Å². The predicted molar refractivity (Wildman–Crippen MR) is 84.8 cm³/mol. The summed E-state index contributed by atoms with van der Waals surface area (Å²) in [5, 5.41) is 0. The van der Waals surface area contributed by atoms with Crippen LogP contribution in [-0.4, -0.2) is 19.2 Å². The minimum atomic E-state index is -0.398. The maximum absolute atomic E-state index is 12.0. The zero-order valence-electron chi connectivity index (χ0n) is 12.9. The van der Waals surface area contributed by atoms with Crippen LogP contribution in [0.25, 0.3) is 0 Å². The zero-order valence-corrected chi connectivity index (χ0v) is 12.9. The van der Waals surface area contributed by atoms with Gasteiger partial charge < -0.3 is 14.2 Å². The molecule has 4 nitrogen and oxygen atoms in total. The highest BCUT2D eigenvalue weighted by atomic mass is 16.5.